The second kappa shape index (κ2) is 6.65. The molecule has 102 valence electrons. The largest absolute Gasteiger partial charge is 0.493 e. The summed E-state index contributed by atoms with van der Waals surface area (Å²) in [6, 6.07) is 12.7. The summed E-state index contributed by atoms with van der Waals surface area (Å²) in [5.41, 5.74) is 1.52. The number of hydrogen-bond acceptors (Lipinski definition) is 3. The van der Waals surface area contributed by atoms with Crippen LogP contribution in [-0.2, 0) is 5.88 Å². The predicted molar refractivity (Wildman–Crippen MR) is 81.5 cm³/mol. The Morgan fingerprint density at radius 2 is 1.90 bits per heavy atom. The van der Waals surface area contributed by atoms with E-state index >= 15 is 0 Å². The topological polar surface area (TPSA) is 42.2 Å². The highest BCUT2D eigenvalue weighted by Crippen LogP contribution is 2.36. The third kappa shape index (κ3) is 3.24. The van der Waals surface area contributed by atoms with E-state index in [0.717, 1.165) is 10.0 Å². The summed E-state index contributed by atoms with van der Waals surface area (Å²) in [6.45, 7) is 0. The van der Waals surface area contributed by atoms with E-state index in [1.165, 1.54) is 7.11 Å². The number of halogens is 2. The minimum absolute atomic E-state index is 0.444. The molecule has 3 nitrogen and oxygen atoms in total. The molecular weight excluding hydrogens is 342 g/mol. The molecule has 0 bridgehead atoms. The van der Waals surface area contributed by atoms with Gasteiger partial charge in [0.05, 0.1) is 23.2 Å². The van der Waals surface area contributed by atoms with Crippen LogP contribution in [0.5, 0.6) is 17.2 Å². The number of nitrogens with zero attached hydrogens (tertiary/aromatic N) is 1. The molecule has 0 aliphatic heterocycles. The second-order valence-corrected chi connectivity index (χ2v) is 5.10. The average molecular weight is 353 g/mol. The van der Waals surface area contributed by atoms with Gasteiger partial charge in [-0.3, -0.25) is 0 Å². The molecule has 0 aromatic heterocycles. The summed E-state index contributed by atoms with van der Waals surface area (Å²) in [6.07, 6.45) is 0. The Bertz CT molecular complexity index is 667. The minimum atomic E-state index is 0.444. The maximum absolute atomic E-state index is 8.87. The van der Waals surface area contributed by atoms with Gasteiger partial charge in [0.2, 0.25) is 0 Å². The van der Waals surface area contributed by atoms with Crippen LogP contribution in [0.3, 0.4) is 0 Å². The first-order chi connectivity index (χ1) is 9.67. The molecule has 2 aromatic rings. The molecule has 20 heavy (non-hydrogen) atoms. The quantitative estimate of drug-likeness (QED) is 0.738. The van der Waals surface area contributed by atoms with E-state index in [2.05, 4.69) is 22.0 Å². The van der Waals surface area contributed by atoms with Crippen molar-refractivity contribution in [3.8, 4) is 23.3 Å². The van der Waals surface area contributed by atoms with Crippen molar-refractivity contribution in [1.82, 2.24) is 0 Å². The van der Waals surface area contributed by atoms with Gasteiger partial charge in [-0.25, -0.2) is 0 Å². The minimum Gasteiger partial charge on any atom is -0.493 e. The fourth-order valence-corrected chi connectivity index (χ4v) is 2.32. The van der Waals surface area contributed by atoms with Crippen LogP contribution in [0.2, 0.25) is 0 Å². The zero-order valence-corrected chi connectivity index (χ0v) is 13.0. The maximum atomic E-state index is 8.87. The van der Waals surface area contributed by atoms with Crippen molar-refractivity contribution in [2.75, 3.05) is 7.11 Å². The lowest BCUT2D eigenvalue weighted by atomic mass is 10.2. The standard InChI is InChI=1S/C15H11BrClNO2/c1-19-15-7-11(9-18)3-5-14(15)20-13-4-2-10(8-17)6-12(13)16/h2-7H,8H2,1H3. The number of methoxy groups -OCH3 is 1. The van der Waals surface area contributed by atoms with Gasteiger partial charge in [0.15, 0.2) is 11.5 Å². The molecule has 0 amide bonds. The van der Waals surface area contributed by atoms with Gasteiger partial charge in [-0.2, -0.15) is 5.26 Å². The van der Waals surface area contributed by atoms with E-state index in [-0.39, 0.29) is 0 Å². The Morgan fingerprint density at radius 3 is 2.50 bits per heavy atom. The smallest absolute Gasteiger partial charge is 0.169 e. The van der Waals surface area contributed by atoms with E-state index in [1.807, 2.05) is 18.2 Å². The molecule has 0 radical (unpaired) electrons. The molecule has 0 atom stereocenters. The Morgan fingerprint density at radius 1 is 1.15 bits per heavy atom. The zero-order chi connectivity index (χ0) is 14.5. The number of alkyl halides is 1. The number of benzene rings is 2. The Labute approximate surface area is 130 Å². The van der Waals surface area contributed by atoms with Gasteiger partial charge in [0, 0.05) is 11.9 Å². The first-order valence-electron chi connectivity index (χ1n) is 5.78. The first-order valence-corrected chi connectivity index (χ1v) is 7.11. The van der Waals surface area contributed by atoms with Gasteiger partial charge >= 0.3 is 0 Å². The molecular formula is C15H11BrClNO2. The molecule has 0 saturated carbocycles. The fourth-order valence-electron chi connectivity index (χ4n) is 1.65. The summed E-state index contributed by atoms with van der Waals surface area (Å²) in [5.74, 6) is 2.16. The fraction of sp³-hybridized carbons (Fsp3) is 0.133. The lowest BCUT2D eigenvalue weighted by molar-refractivity contribution is 0.378. The Hall–Kier alpha value is -1.70. The molecule has 0 spiro atoms. The molecule has 0 saturated heterocycles. The van der Waals surface area contributed by atoms with Crippen molar-refractivity contribution in [2.24, 2.45) is 0 Å². The van der Waals surface area contributed by atoms with E-state index in [4.69, 9.17) is 26.3 Å². The average Bonchev–Trinajstić information content (AvgIpc) is 2.49. The van der Waals surface area contributed by atoms with Crippen molar-refractivity contribution in [3.63, 3.8) is 0 Å². The normalized spacial score (nSPS) is 9.90. The van der Waals surface area contributed by atoms with Gasteiger partial charge in [-0.05, 0) is 45.8 Å². The molecule has 0 aliphatic rings. The van der Waals surface area contributed by atoms with Gasteiger partial charge in [-0.15, -0.1) is 11.6 Å². The third-order valence-corrected chi connectivity index (χ3v) is 3.59. The summed E-state index contributed by atoms with van der Waals surface area (Å²) < 4.78 is 11.8. The van der Waals surface area contributed by atoms with E-state index in [0.29, 0.717) is 28.7 Å². The predicted octanol–water partition coefficient (Wildman–Crippen LogP) is 4.86. The van der Waals surface area contributed by atoms with E-state index < -0.39 is 0 Å². The summed E-state index contributed by atoms with van der Waals surface area (Å²) in [5, 5.41) is 8.87. The summed E-state index contributed by atoms with van der Waals surface area (Å²) in [7, 11) is 1.54. The van der Waals surface area contributed by atoms with Crippen LogP contribution >= 0.6 is 27.5 Å². The van der Waals surface area contributed by atoms with E-state index in [1.54, 1.807) is 18.2 Å². The lowest BCUT2D eigenvalue weighted by Gasteiger charge is -2.12. The molecule has 0 aliphatic carbocycles. The molecule has 0 unspecified atom stereocenters. The number of ether oxygens (including phenoxy) is 2. The maximum Gasteiger partial charge on any atom is 0.169 e. The molecule has 0 fully saturated rings. The van der Waals surface area contributed by atoms with Gasteiger partial charge in [-0.1, -0.05) is 6.07 Å². The van der Waals surface area contributed by atoms with Crippen LogP contribution < -0.4 is 9.47 Å². The molecule has 0 N–H and O–H groups in total. The van der Waals surface area contributed by atoms with Gasteiger partial charge in [0.1, 0.15) is 5.75 Å². The third-order valence-electron chi connectivity index (χ3n) is 2.66. The van der Waals surface area contributed by atoms with E-state index in [9.17, 15) is 0 Å². The van der Waals surface area contributed by atoms with Crippen LogP contribution in [0.25, 0.3) is 0 Å². The Balaban J connectivity index is 2.32. The van der Waals surface area contributed by atoms with Crippen molar-refractivity contribution in [1.29, 1.82) is 5.26 Å². The van der Waals surface area contributed by atoms with Crippen LogP contribution in [0.1, 0.15) is 11.1 Å². The van der Waals surface area contributed by atoms with Gasteiger partial charge < -0.3 is 9.47 Å². The highest BCUT2D eigenvalue weighted by atomic mass is 79.9. The zero-order valence-electron chi connectivity index (χ0n) is 10.7. The van der Waals surface area contributed by atoms with Crippen LogP contribution in [-0.4, -0.2) is 7.11 Å². The number of nitriles is 1. The van der Waals surface area contributed by atoms with Crippen LogP contribution in [0.15, 0.2) is 40.9 Å². The lowest BCUT2D eigenvalue weighted by Crippen LogP contribution is -1.92. The number of hydrogen-bond donors (Lipinski definition) is 0. The Kier molecular flexibility index (Phi) is 4.89. The highest BCUT2D eigenvalue weighted by molar-refractivity contribution is 9.10. The highest BCUT2D eigenvalue weighted by Gasteiger charge is 2.09. The molecule has 0 heterocycles. The summed E-state index contributed by atoms with van der Waals surface area (Å²) in [4.78, 5) is 0. The SMILES string of the molecule is COc1cc(C#N)ccc1Oc1ccc(CCl)cc1Br. The number of rotatable bonds is 4. The van der Waals surface area contributed by atoms with Crippen molar-refractivity contribution in [3.05, 3.63) is 52.0 Å². The molecule has 2 aromatic carbocycles. The molecule has 2 rings (SSSR count). The molecule has 5 heteroatoms. The van der Waals surface area contributed by atoms with Crippen LogP contribution in [0.4, 0.5) is 0 Å². The monoisotopic (exact) mass is 351 g/mol. The van der Waals surface area contributed by atoms with Crippen molar-refractivity contribution in [2.45, 2.75) is 5.88 Å². The van der Waals surface area contributed by atoms with Crippen molar-refractivity contribution >= 4 is 27.5 Å². The summed E-state index contributed by atoms with van der Waals surface area (Å²) >= 11 is 9.22. The van der Waals surface area contributed by atoms with Gasteiger partial charge in [0.25, 0.3) is 0 Å². The second-order valence-electron chi connectivity index (χ2n) is 3.98. The first kappa shape index (κ1) is 14.7. The van der Waals surface area contributed by atoms with Crippen LogP contribution in [0, 0.1) is 11.3 Å². The van der Waals surface area contributed by atoms with Crippen molar-refractivity contribution < 1.29 is 9.47 Å².